The molecule has 1 aromatic heterocycles. The summed E-state index contributed by atoms with van der Waals surface area (Å²) in [6.45, 7) is 7.46. The van der Waals surface area contributed by atoms with Crippen molar-refractivity contribution < 1.29 is 40.0 Å². The molecule has 17 heteroatoms. The summed E-state index contributed by atoms with van der Waals surface area (Å²) in [4.78, 5) is 16.8. The number of imidazole rings is 1. The number of carbonyl (C=O) groups is 1. The van der Waals surface area contributed by atoms with Crippen LogP contribution in [0.5, 0.6) is 0 Å². The van der Waals surface area contributed by atoms with Gasteiger partial charge in [0.25, 0.3) is 26.1 Å². The van der Waals surface area contributed by atoms with Crippen molar-refractivity contribution in [1.82, 2.24) is 4.57 Å². The summed E-state index contributed by atoms with van der Waals surface area (Å²) >= 11 is 13.7. The first-order valence-corrected chi connectivity index (χ1v) is 20.0. The lowest BCUT2D eigenvalue weighted by Crippen LogP contribution is -2.37. The van der Waals surface area contributed by atoms with Crippen LogP contribution in [0.4, 0.5) is 11.4 Å². The lowest BCUT2D eigenvalue weighted by molar-refractivity contribution is -0.673. The van der Waals surface area contributed by atoms with E-state index in [1.165, 1.54) is 0 Å². The third-order valence-corrected chi connectivity index (χ3v) is 11.3. The second-order valence-electron chi connectivity index (χ2n) is 10.6. The van der Waals surface area contributed by atoms with Crippen molar-refractivity contribution in [1.29, 1.82) is 0 Å². The van der Waals surface area contributed by atoms with Gasteiger partial charge in [-0.2, -0.15) is 16.8 Å². The Labute approximate surface area is 296 Å². The third-order valence-electron chi connectivity index (χ3n) is 7.54. The summed E-state index contributed by atoms with van der Waals surface area (Å²) in [5.74, 6) is 0.0558. The lowest BCUT2D eigenvalue weighted by Gasteiger charge is -2.24. The average Bonchev–Trinajstić information content (AvgIpc) is 3.41. The number of hydrogen-bond donors (Lipinski definition) is 2. The van der Waals surface area contributed by atoms with Gasteiger partial charge in [0.15, 0.2) is 11.0 Å². The highest BCUT2D eigenvalue weighted by atomic mass is 79.9. The van der Waals surface area contributed by atoms with Crippen LogP contribution in [0.2, 0.25) is 5.02 Å². The number of halogens is 3. The van der Waals surface area contributed by atoms with Crippen molar-refractivity contribution in [2.45, 2.75) is 46.7 Å². The van der Waals surface area contributed by atoms with Crippen molar-refractivity contribution in [3.63, 3.8) is 0 Å². The van der Waals surface area contributed by atoms with Gasteiger partial charge in [0.1, 0.15) is 5.82 Å². The van der Waals surface area contributed by atoms with E-state index in [0.717, 1.165) is 31.7 Å². The first kappa shape index (κ1) is 37.4. The SMILES string of the molecule is CCOC(=O)c1cc2c(cc1Cl)n(CC)c(C=CC=C1N(CC)c3cc(Br)c(Br)cc3N1CCCS(=O)(=O)O)[n+]2CCCS(=O)(=O)O. The van der Waals surface area contributed by atoms with Crippen LogP contribution in [0.25, 0.3) is 17.1 Å². The fraction of sp³-hybridized carbons (Fsp3) is 0.400. The molecule has 12 nitrogen and oxygen atoms in total. The maximum Gasteiger partial charge on any atom is 0.339 e. The normalized spacial score (nSPS) is 14.6. The lowest BCUT2D eigenvalue weighted by atomic mass is 10.2. The second-order valence-corrected chi connectivity index (χ2v) is 15.9. The molecular weight excluding hydrogens is 804 g/mol. The molecule has 0 bridgehead atoms. The van der Waals surface area contributed by atoms with Crippen LogP contribution in [0.1, 0.15) is 49.8 Å². The zero-order chi connectivity index (χ0) is 34.7. The van der Waals surface area contributed by atoms with Gasteiger partial charge in [0.05, 0.1) is 53.2 Å². The number of fused-ring (bicyclic) bond motifs is 2. The van der Waals surface area contributed by atoms with Crippen LogP contribution in [0, 0.1) is 0 Å². The Bertz CT molecular complexity index is 1960. The molecular formula is C30H36Br2ClN4O8S2+. The van der Waals surface area contributed by atoms with E-state index in [4.69, 9.17) is 16.3 Å². The molecule has 256 valence electrons. The number of ether oxygens (including phenoxy) is 1. The summed E-state index contributed by atoms with van der Waals surface area (Å²) in [7, 11) is -8.34. The van der Waals surface area contributed by atoms with Gasteiger partial charge in [-0.15, -0.1) is 0 Å². The summed E-state index contributed by atoms with van der Waals surface area (Å²) in [6, 6.07) is 7.24. The first-order valence-electron chi connectivity index (χ1n) is 14.9. The maximum absolute atomic E-state index is 12.7. The number of carbonyl (C=O) groups excluding carboxylic acids is 1. The zero-order valence-electron chi connectivity index (χ0n) is 26.0. The molecule has 0 aliphatic carbocycles. The van der Waals surface area contributed by atoms with E-state index in [9.17, 15) is 30.7 Å². The minimum absolute atomic E-state index is 0.107. The van der Waals surface area contributed by atoms with Crippen molar-refractivity contribution in [2.75, 3.05) is 41.0 Å². The molecule has 0 atom stereocenters. The topological polar surface area (TPSA) is 150 Å². The van der Waals surface area contributed by atoms with Crippen LogP contribution >= 0.6 is 43.5 Å². The molecule has 0 unspecified atom stereocenters. The van der Waals surface area contributed by atoms with Crippen LogP contribution in [0.3, 0.4) is 0 Å². The zero-order valence-corrected chi connectivity index (χ0v) is 31.5. The molecule has 0 saturated carbocycles. The molecule has 0 fully saturated rings. The van der Waals surface area contributed by atoms with Gasteiger partial charge >= 0.3 is 5.97 Å². The average molecular weight is 840 g/mol. The summed E-state index contributed by atoms with van der Waals surface area (Å²) in [6.07, 6.45) is 5.90. The van der Waals surface area contributed by atoms with Crippen molar-refractivity contribution in [3.05, 3.63) is 67.6 Å². The highest BCUT2D eigenvalue weighted by Crippen LogP contribution is 2.45. The van der Waals surface area contributed by atoms with E-state index in [2.05, 4.69) is 36.8 Å². The molecule has 4 rings (SSSR count). The summed E-state index contributed by atoms with van der Waals surface area (Å²) in [5.41, 5.74) is 3.30. The van der Waals surface area contributed by atoms with Gasteiger partial charge in [0.2, 0.25) is 0 Å². The minimum atomic E-state index is -4.20. The molecule has 1 aliphatic heterocycles. The Morgan fingerprint density at radius 1 is 0.936 bits per heavy atom. The smallest absolute Gasteiger partial charge is 0.339 e. The number of hydrogen-bond acceptors (Lipinski definition) is 8. The number of aromatic nitrogens is 2. The molecule has 2 heterocycles. The molecule has 2 aromatic carbocycles. The Balaban J connectivity index is 1.84. The molecule has 0 spiro atoms. The molecule has 3 aromatic rings. The van der Waals surface area contributed by atoms with Gasteiger partial charge < -0.3 is 14.5 Å². The van der Waals surface area contributed by atoms with Gasteiger partial charge in [-0.05, 0) is 77.3 Å². The van der Waals surface area contributed by atoms with Crippen LogP contribution < -0.4 is 14.4 Å². The highest BCUT2D eigenvalue weighted by molar-refractivity contribution is 9.13. The highest BCUT2D eigenvalue weighted by Gasteiger charge is 2.31. The van der Waals surface area contributed by atoms with E-state index >= 15 is 0 Å². The number of allylic oxidation sites excluding steroid dienone is 2. The number of rotatable bonds is 14. The number of aryl methyl sites for hydroxylation is 2. The number of anilines is 2. The largest absolute Gasteiger partial charge is 0.462 e. The fourth-order valence-electron chi connectivity index (χ4n) is 5.62. The Kier molecular flexibility index (Phi) is 12.2. The molecule has 0 radical (unpaired) electrons. The number of esters is 1. The fourth-order valence-corrected chi connectivity index (χ4v) is 7.50. The van der Waals surface area contributed by atoms with E-state index < -0.39 is 32.0 Å². The standard InChI is InChI=1S/C30H35Br2ClN4O8S2/c1-4-34-25-17-21(31)22(32)18-26(25)37(13-9-15-47(42,43)44)28(34)10-7-11-29-35(5-2)27-19-23(33)20(30(38)45-6-3)16-24(27)36(29)12-8-14-46(39,40)41/h7,10-11,16-19H,4-6,8-9,12-15H2,1-3H3,(H-,39,40,41,42,43,44)/p+1. The number of benzene rings is 2. The van der Waals surface area contributed by atoms with Crippen LogP contribution in [-0.4, -0.2) is 67.7 Å². The van der Waals surface area contributed by atoms with Gasteiger partial charge in [-0.25, -0.2) is 13.9 Å². The van der Waals surface area contributed by atoms with Crippen molar-refractivity contribution >= 4 is 98.2 Å². The van der Waals surface area contributed by atoms with Crippen molar-refractivity contribution in [3.8, 4) is 0 Å². The molecule has 2 N–H and O–H groups in total. The van der Waals surface area contributed by atoms with E-state index in [0.29, 0.717) is 31.0 Å². The Hall–Kier alpha value is -2.47. The van der Waals surface area contributed by atoms with Gasteiger partial charge in [-0.3, -0.25) is 9.11 Å². The first-order chi connectivity index (χ1) is 22.1. The van der Waals surface area contributed by atoms with Crippen LogP contribution in [-0.2, 0) is 38.1 Å². The van der Waals surface area contributed by atoms with E-state index in [1.54, 1.807) is 19.1 Å². The van der Waals surface area contributed by atoms with Crippen molar-refractivity contribution in [2.24, 2.45) is 0 Å². The maximum atomic E-state index is 12.7. The molecule has 0 amide bonds. The Morgan fingerprint density at radius 2 is 1.55 bits per heavy atom. The van der Waals surface area contributed by atoms with Gasteiger partial charge in [0, 0.05) is 46.7 Å². The molecule has 1 aliphatic rings. The predicted octanol–water partition coefficient (Wildman–Crippen LogP) is 6.06. The van der Waals surface area contributed by atoms with E-state index in [1.807, 2.05) is 58.2 Å². The predicted molar refractivity (Wildman–Crippen MR) is 190 cm³/mol. The number of nitrogens with zero attached hydrogens (tertiary/aromatic N) is 4. The minimum Gasteiger partial charge on any atom is -0.462 e. The molecule has 47 heavy (non-hydrogen) atoms. The Morgan fingerprint density at radius 3 is 2.13 bits per heavy atom. The third kappa shape index (κ3) is 8.77. The summed E-state index contributed by atoms with van der Waals surface area (Å²) in [5, 5.41) is 0.214. The van der Waals surface area contributed by atoms with Crippen LogP contribution in [0.15, 0.2) is 51.2 Å². The van der Waals surface area contributed by atoms with E-state index in [-0.39, 0.29) is 42.3 Å². The molecule has 0 saturated heterocycles. The second kappa shape index (κ2) is 15.4. The monoisotopic (exact) mass is 837 g/mol. The summed E-state index contributed by atoms with van der Waals surface area (Å²) < 4.78 is 75.5. The quantitative estimate of drug-likeness (QED) is 0.112. The van der Waals surface area contributed by atoms with Gasteiger partial charge in [-0.1, -0.05) is 17.7 Å².